The van der Waals surface area contributed by atoms with E-state index >= 15 is 0 Å². The van der Waals surface area contributed by atoms with Gasteiger partial charge in [-0.15, -0.1) is 0 Å². The highest BCUT2D eigenvalue weighted by molar-refractivity contribution is 5.94. The van der Waals surface area contributed by atoms with E-state index in [0.29, 0.717) is 31.5 Å². The third kappa shape index (κ3) is 5.95. The van der Waals surface area contributed by atoms with Crippen LogP contribution in [0.4, 0.5) is 0 Å². The van der Waals surface area contributed by atoms with Gasteiger partial charge in [0.2, 0.25) is 0 Å². The molecule has 2 heterocycles. The van der Waals surface area contributed by atoms with Crippen LogP contribution in [-0.2, 0) is 14.3 Å². The number of rotatable bonds is 5. The number of hydrogen-bond donors (Lipinski definition) is 1. The van der Waals surface area contributed by atoms with Crippen molar-refractivity contribution < 1.29 is 29.0 Å². The van der Waals surface area contributed by atoms with Gasteiger partial charge in [-0.3, -0.25) is 14.4 Å². The van der Waals surface area contributed by atoms with Gasteiger partial charge in [-0.05, 0) is 65.0 Å². The highest BCUT2D eigenvalue weighted by atomic mass is 16.6. The second-order valence-electron chi connectivity index (χ2n) is 8.36. The topological polar surface area (TPSA) is 96.4 Å². The Morgan fingerprint density at radius 3 is 2.37 bits per heavy atom. The molecule has 2 aliphatic heterocycles. The summed E-state index contributed by atoms with van der Waals surface area (Å²) >= 11 is 0. The summed E-state index contributed by atoms with van der Waals surface area (Å²) in [5.41, 5.74) is 0.244. The van der Waals surface area contributed by atoms with Crippen molar-refractivity contribution in [2.75, 3.05) is 33.7 Å². The van der Waals surface area contributed by atoms with Gasteiger partial charge in [0.1, 0.15) is 11.9 Å². The van der Waals surface area contributed by atoms with Crippen molar-refractivity contribution in [1.82, 2.24) is 9.80 Å². The van der Waals surface area contributed by atoms with Crippen LogP contribution < -0.4 is 4.74 Å². The Bertz CT molecular complexity index is 724. The van der Waals surface area contributed by atoms with Gasteiger partial charge in [0, 0.05) is 31.6 Å². The minimum Gasteiger partial charge on any atom is -0.491 e. The van der Waals surface area contributed by atoms with Crippen molar-refractivity contribution in [2.45, 2.75) is 45.3 Å². The zero-order valence-corrected chi connectivity index (χ0v) is 18.2. The lowest BCUT2D eigenvalue weighted by Gasteiger charge is -2.36. The first-order valence-corrected chi connectivity index (χ1v) is 10.2. The van der Waals surface area contributed by atoms with Crippen molar-refractivity contribution in [1.29, 1.82) is 0 Å². The van der Waals surface area contributed by atoms with Gasteiger partial charge in [-0.25, -0.2) is 0 Å². The smallest absolute Gasteiger partial charge is 0.312 e. The molecule has 1 atom stereocenters. The molecule has 1 aromatic carbocycles. The van der Waals surface area contributed by atoms with Gasteiger partial charge >= 0.3 is 5.97 Å². The number of hydrogen-bond acceptors (Lipinski definition) is 6. The Kier molecular flexibility index (Phi) is 8.23. The number of nitrogens with zero attached hydrogens (tertiary/aromatic N) is 2. The van der Waals surface area contributed by atoms with E-state index in [9.17, 15) is 9.59 Å². The van der Waals surface area contributed by atoms with Crippen LogP contribution >= 0.6 is 0 Å². The normalized spacial score (nSPS) is 20.0. The van der Waals surface area contributed by atoms with E-state index in [1.54, 1.807) is 12.1 Å². The number of likely N-dealkylation sites (N-methyl/N-ethyl adjacent to an activating group) is 1. The van der Waals surface area contributed by atoms with Crippen LogP contribution in [0.15, 0.2) is 24.3 Å². The van der Waals surface area contributed by atoms with Gasteiger partial charge in [0.05, 0.1) is 11.5 Å². The number of amides is 1. The number of carboxylic acid groups (broad SMARTS) is 1. The van der Waals surface area contributed by atoms with Crippen molar-refractivity contribution >= 4 is 18.3 Å². The molecule has 3 rings (SSSR count). The van der Waals surface area contributed by atoms with Crippen molar-refractivity contribution in [3.8, 4) is 5.75 Å². The van der Waals surface area contributed by atoms with Gasteiger partial charge in [-0.1, -0.05) is 0 Å². The number of benzene rings is 1. The zero-order chi connectivity index (χ0) is 22.3. The van der Waals surface area contributed by atoms with Crippen LogP contribution in [0.3, 0.4) is 0 Å². The van der Waals surface area contributed by atoms with Crippen molar-refractivity contribution in [3.63, 3.8) is 0 Å². The predicted molar refractivity (Wildman–Crippen MR) is 112 cm³/mol. The Labute approximate surface area is 177 Å². The summed E-state index contributed by atoms with van der Waals surface area (Å²) in [5, 5.41) is 6.89. The molecular formula is C22H32N2O6. The highest BCUT2D eigenvalue weighted by Crippen LogP contribution is 2.43. The number of piperidine rings is 1. The molecule has 30 heavy (non-hydrogen) atoms. The predicted octanol–water partition coefficient (Wildman–Crippen LogP) is 2.27. The molecule has 1 unspecified atom stereocenters. The lowest BCUT2D eigenvalue weighted by atomic mass is 9.76. The molecule has 8 nitrogen and oxygen atoms in total. The van der Waals surface area contributed by atoms with Crippen molar-refractivity contribution in [3.05, 3.63) is 29.8 Å². The summed E-state index contributed by atoms with van der Waals surface area (Å²) in [6.45, 7) is 5.63. The molecule has 0 saturated carbocycles. The van der Waals surface area contributed by atoms with Crippen LogP contribution in [0.1, 0.15) is 43.5 Å². The van der Waals surface area contributed by atoms with E-state index in [1.807, 2.05) is 49.9 Å². The second-order valence-corrected chi connectivity index (χ2v) is 8.36. The van der Waals surface area contributed by atoms with Gasteiger partial charge in [-0.2, -0.15) is 0 Å². The first kappa shape index (κ1) is 23.7. The second kappa shape index (κ2) is 10.4. The quantitative estimate of drug-likeness (QED) is 0.577. The molecule has 1 spiro atoms. The Morgan fingerprint density at radius 1 is 1.30 bits per heavy atom. The molecule has 2 aliphatic rings. The lowest BCUT2D eigenvalue weighted by molar-refractivity contribution is -0.150. The van der Waals surface area contributed by atoms with Gasteiger partial charge < -0.3 is 24.4 Å². The maximum atomic E-state index is 12.8. The molecule has 166 valence electrons. The highest BCUT2D eigenvalue weighted by Gasteiger charge is 2.50. The summed E-state index contributed by atoms with van der Waals surface area (Å²) in [6, 6.07) is 7.28. The summed E-state index contributed by atoms with van der Waals surface area (Å²) in [4.78, 5) is 37.5. The fourth-order valence-electron chi connectivity index (χ4n) is 4.02. The molecule has 2 fully saturated rings. The fourth-order valence-corrected chi connectivity index (χ4v) is 4.02. The Morgan fingerprint density at radius 2 is 1.87 bits per heavy atom. The Hall–Kier alpha value is -2.61. The summed E-state index contributed by atoms with van der Waals surface area (Å²) in [7, 11) is 3.97. The molecule has 1 amide bonds. The number of esters is 1. The minimum absolute atomic E-state index is 0.0113. The molecule has 1 aromatic rings. The number of carbonyl (C=O) groups is 3. The zero-order valence-electron chi connectivity index (χ0n) is 18.2. The first-order chi connectivity index (χ1) is 14.2. The molecule has 0 bridgehead atoms. The maximum Gasteiger partial charge on any atom is 0.312 e. The number of ether oxygens (including phenoxy) is 2. The molecule has 1 N–H and O–H groups in total. The van der Waals surface area contributed by atoms with E-state index in [2.05, 4.69) is 0 Å². The van der Waals surface area contributed by atoms with E-state index < -0.39 is 5.41 Å². The first-order valence-electron chi connectivity index (χ1n) is 10.2. The SMILES string of the molecule is CC(C)Oc1ccc(C(=O)N2CCC3(CC2)CC(CN(C)C)OC3=O)cc1.O=CO. The summed E-state index contributed by atoms with van der Waals surface area (Å²) in [6.07, 6.45) is 2.18. The van der Waals surface area contributed by atoms with E-state index in [0.717, 1.165) is 18.7 Å². The molecule has 0 aliphatic carbocycles. The van der Waals surface area contributed by atoms with Crippen LogP contribution in [0, 0.1) is 5.41 Å². The third-order valence-corrected chi connectivity index (χ3v) is 5.37. The lowest BCUT2D eigenvalue weighted by Crippen LogP contribution is -2.45. The van der Waals surface area contributed by atoms with Crippen molar-refractivity contribution in [2.24, 2.45) is 5.41 Å². The average Bonchev–Trinajstić information content (AvgIpc) is 2.96. The van der Waals surface area contributed by atoms with E-state index in [-0.39, 0.29) is 30.6 Å². The minimum atomic E-state index is -0.410. The largest absolute Gasteiger partial charge is 0.491 e. The Balaban J connectivity index is 0.00000101. The monoisotopic (exact) mass is 420 g/mol. The van der Waals surface area contributed by atoms with Crippen LogP contribution in [-0.4, -0.2) is 79.2 Å². The number of carbonyl (C=O) groups excluding carboxylic acids is 2. The molecule has 2 saturated heterocycles. The molecular weight excluding hydrogens is 388 g/mol. The summed E-state index contributed by atoms with van der Waals surface area (Å²) in [5.74, 6) is 0.688. The molecule has 8 heteroatoms. The molecule has 0 radical (unpaired) electrons. The maximum absolute atomic E-state index is 12.8. The van der Waals surface area contributed by atoms with E-state index in [1.165, 1.54) is 0 Å². The third-order valence-electron chi connectivity index (χ3n) is 5.37. The average molecular weight is 421 g/mol. The van der Waals surface area contributed by atoms with Crippen LogP contribution in [0.25, 0.3) is 0 Å². The number of likely N-dealkylation sites (tertiary alicyclic amines) is 1. The van der Waals surface area contributed by atoms with Gasteiger partial charge in [0.15, 0.2) is 0 Å². The summed E-state index contributed by atoms with van der Waals surface area (Å²) < 4.78 is 11.2. The van der Waals surface area contributed by atoms with Gasteiger partial charge in [0.25, 0.3) is 12.4 Å². The number of cyclic esters (lactones) is 1. The standard InChI is InChI=1S/C21H30N2O4.CH2O2/c1-15(2)26-17-7-5-16(6-8-17)19(24)23-11-9-21(10-12-23)13-18(14-22(3)4)27-20(21)25;2-1-3/h5-8,15,18H,9-14H2,1-4H3;1H,(H,2,3). The molecule has 0 aromatic heterocycles. The van der Waals surface area contributed by atoms with Crippen LogP contribution in [0.5, 0.6) is 5.75 Å². The fraction of sp³-hybridized carbons (Fsp3) is 0.591. The van der Waals surface area contributed by atoms with E-state index in [4.69, 9.17) is 19.4 Å². The van der Waals surface area contributed by atoms with Crippen LogP contribution in [0.2, 0.25) is 0 Å².